The second-order valence-corrected chi connectivity index (χ2v) is 7.44. The first-order chi connectivity index (χ1) is 9.01. The fraction of sp³-hybridized carbons (Fsp3) is 0.500. The van der Waals surface area contributed by atoms with Crippen molar-refractivity contribution in [3.05, 3.63) is 24.3 Å². The summed E-state index contributed by atoms with van der Waals surface area (Å²) in [6.07, 6.45) is 1.82. The average Bonchev–Trinajstić information content (AvgIpc) is 2.40. The first-order valence-corrected chi connectivity index (χ1v) is 8.67. The van der Waals surface area contributed by atoms with Crippen molar-refractivity contribution in [2.45, 2.75) is 29.5 Å². The summed E-state index contributed by atoms with van der Waals surface area (Å²) in [5.74, 6) is -1.39. The van der Waals surface area contributed by atoms with Gasteiger partial charge in [0.15, 0.2) is 0 Å². The summed E-state index contributed by atoms with van der Waals surface area (Å²) in [6, 6.07) is 6.01. The lowest BCUT2D eigenvalue weighted by Crippen LogP contribution is -2.26. The molecule has 1 aliphatic rings. The Balaban J connectivity index is 2.26. The third-order valence-electron chi connectivity index (χ3n) is 3.01. The molecule has 0 saturated carbocycles. The molecule has 7 heteroatoms. The molecular formula is C12H15F2NO2S2. The molecule has 0 spiro atoms. The van der Waals surface area contributed by atoms with Gasteiger partial charge in [0.2, 0.25) is 9.84 Å². The number of para-hydroxylation sites is 1. The third kappa shape index (κ3) is 3.39. The van der Waals surface area contributed by atoms with Crippen molar-refractivity contribution < 1.29 is 17.2 Å². The molecule has 1 fully saturated rings. The van der Waals surface area contributed by atoms with Crippen molar-refractivity contribution >= 4 is 27.3 Å². The number of nitrogens with one attached hydrogen (secondary N) is 1. The van der Waals surface area contributed by atoms with Crippen LogP contribution in [0.15, 0.2) is 29.2 Å². The first kappa shape index (κ1) is 14.6. The number of thioether (sulfide) groups is 1. The van der Waals surface area contributed by atoms with Crippen LogP contribution in [0.1, 0.15) is 12.8 Å². The molecule has 0 radical (unpaired) electrons. The summed E-state index contributed by atoms with van der Waals surface area (Å²) in [5.41, 5.74) is 0.278. The molecule has 0 unspecified atom stereocenters. The number of anilines is 1. The maximum absolute atomic E-state index is 12.6. The minimum Gasteiger partial charge on any atom is -0.381 e. The Kier molecular flexibility index (Phi) is 4.67. The maximum Gasteiger partial charge on any atom is 0.341 e. The fourth-order valence-corrected chi connectivity index (χ4v) is 3.99. The minimum atomic E-state index is -4.56. The van der Waals surface area contributed by atoms with E-state index in [-0.39, 0.29) is 16.6 Å². The van der Waals surface area contributed by atoms with Crippen LogP contribution in [0, 0.1) is 0 Å². The van der Waals surface area contributed by atoms with Crippen LogP contribution in [0.2, 0.25) is 0 Å². The van der Waals surface area contributed by atoms with E-state index in [1.165, 1.54) is 18.2 Å². The van der Waals surface area contributed by atoms with E-state index in [2.05, 4.69) is 5.32 Å². The van der Waals surface area contributed by atoms with Crippen LogP contribution in [0.25, 0.3) is 0 Å². The number of hydrogen-bond acceptors (Lipinski definition) is 4. The molecule has 1 heterocycles. The number of halogens is 2. The molecule has 1 aliphatic heterocycles. The van der Waals surface area contributed by atoms with E-state index in [0.29, 0.717) is 0 Å². The summed E-state index contributed by atoms with van der Waals surface area (Å²) in [7, 11) is -4.56. The lowest BCUT2D eigenvalue weighted by atomic mass is 10.1. The van der Waals surface area contributed by atoms with Gasteiger partial charge in [-0.05, 0) is 36.5 Å². The van der Waals surface area contributed by atoms with Crippen LogP contribution in [-0.2, 0) is 9.84 Å². The van der Waals surface area contributed by atoms with E-state index in [1.54, 1.807) is 6.07 Å². The van der Waals surface area contributed by atoms with Crippen molar-refractivity contribution in [3.63, 3.8) is 0 Å². The lowest BCUT2D eigenvalue weighted by molar-refractivity contribution is 0.235. The highest BCUT2D eigenvalue weighted by Crippen LogP contribution is 2.28. The molecule has 0 atom stereocenters. The van der Waals surface area contributed by atoms with Gasteiger partial charge >= 0.3 is 5.76 Å². The highest BCUT2D eigenvalue weighted by atomic mass is 32.2. The van der Waals surface area contributed by atoms with E-state index < -0.39 is 15.6 Å². The van der Waals surface area contributed by atoms with Gasteiger partial charge in [0, 0.05) is 6.04 Å². The number of hydrogen-bond donors (Lipinski definition) is 1. The Morgan fingerprint density at radius 3 is 2.47 bits per heavy atom. The third-order valence-corrected chi connectivity index (χ3v) is 5.50. The smallest absolute Gasteiger partial charge is 0.341 e. The molecule has 1 aromatic carbocycles. The Morgan fingerprint density at radius 1 is 1.21 bits per heavy atom. The van der Waals surface area contributed by atoms with Gasteiger partial charge in [-0.2, -0.15) is 20.5 Å². The van der Waals surface area contributed by atoms with Gasteiger partial charge in [-0.1, -0.05) is 12.1 Å². The van der Waals surface area contributed by atoms with Crippen LogP contribution in [0.3, 0.4) is 0 Å². The molecule has 1 aromatic rings. The Hall–Kier alpha value is -0.820. The van der Waals surface area contributed by atoms with E-state index in [4.69, 9.17) is 0 Å². The summed E-state index contributed by atoms with van der Waals surface area (Å²) in [6.45, 7) is 0. The highest BCUT2D eigenvalue weighted by Gasteiger charge is 2.29. The van der Waals surface area contributed by atoms with Gasteiger partial charge in [-0.15, -0.1) is 0 Å². The van der Waals surface area contributed by atoms with Crippen molar-refractivity contribution in [1.29, 1.82) is 0 Å². The second kappa shape index (κ2) is 6.09. The molecule has 2 rings (SSSR count). The monoisotopic (exact) mass is 307 g/mol. The second-order valence-electron chi connectivity index (χ2n) is 4.33. The number of benzene rings is 1. The predicted molar refractivity (Wildman–Crippen MR) is 73.6 cm³/mol. The Bertz CT molecular complexity index is 528. The molecule has 3 nitrogen and oxygen atoms in total. The molecule has 0 amide bonds. The molecule has 0 bridgehead atoms. The van der Waals surface area contributed by atoms with Crippen LogP contribution >= 0.6 is 11.8 Å². The van der Waals surface area contributed by atoms with Crippen LogP contribution in [0.4, 0.5) is 14.5 Å². The number of sulfone groups is 1. The first-order valence-electron chi connectivity index (χ1n) is 5.97. The summed E-state index contributed by atoms with van der Waals surface area (Å²) < 4.78 is 48.5. The minimum absolute atomic E-state index is 0.148. The number of rotatable bonds is 4. The maximum atomic E-state index is 12.6. The fourth-order valence-electron chi connectivity index (χ4n) is 1.99. The topological polar surface area (TPSA) is 46.2 Å². The zero-order chi connectivity index (χ0) is 13.9. The predicted octanol–water partition coefficient (Wildman–Crippen LogP) is 2.99. The van der Waals surface area contributed by atoms with Gasteiger partial charge in [0.05, 0.1) is 10.6 Å². The molecule has 106 valence electrons. The summed E-state index contributed by atoms with van der Waals surface area (Å²) in [4.78, 5) is -0.316. The molecular weight excluding hydrogens is 292 g/mol. The lowest BCUT2D eigenvalue weighted by Gasteiger charge is -2.24. The molecule has 19 heavy (non-hydrogen) atoms. The molecule has 1 saturated heterocycles. The normalized spacial score (nSPS) is 17.6. The average molecular weight is 307 g/mol. The standard InChI is InChI=1S/C12H15F2NO2S2/c13-12(14)19(16,17)11-4-2-1-3-10(11)15-9-5-7-18-8-6-9/h1-4,9,12,15H,5-8H2. The summed E-state index contributed by atoms with van der Waals surface area (Å²) >= 11 is 1.85. The van der Waals surface area contributed by atoms with E-state index in [9.17, 15) is 17.2 Å². The largest absolute Gasteiger partial charge is 0.381 e. The zero-order valence-corrected chi connectivity index (χ0v) is 11.8. The highest BCUT2D eigenvalue weighted by molar-refractivity contribution is 7.99. The quantitative estimate of drug-likeness (QED) is 0.929. The van der Waals surface area contributed by atoms with Gasteiger partial charge in [0.25, 0.3) is 0 Å². The molecule has 0 aromatic heterocycles. The van der Waals surface area contributed by atoms with Crippen LogP contribution in [0.5, 0.6) is 0 Å². The van der Waals surface area contributed by atoms with Crippen molar-refractivity contribution in [2.24, 2.45) is 0 Å². The van der Waals surface area contributed by atoms with Gasteiger partial charge < -0.3 is 5.32 Å². The van der Waals surface area contributed by atoms with Crippen LogP contribution in [-0.4, -0.2) is 31.7 Å². The number of alkyl halides is 2. The van der Waals surface area contributed by atoms with E-state index >= 15 is 0 Å². The zero-order valence-electron chi connectivity index (χ0n) is 10.2. The van der Waals surface area contributed by atoms with Gasteiger partial charge in [-0.25, -0.2) is 8.42 Å². The Morgan fingerprint density at radius 2 is 1.84 bits per heavy atom. The SMILES string of the molecule is O=S(=O)(c1ccccc1NC1CCSCC1)C(F)F. The van der Waals surface area contributed by atoms with Crippen molar-refractivity contribution in [3.8, 4) is 0 Å². The van der Waals surface area contributed by atoms with Crippen molar-refractivity contribution in [1.82, 2.24) is 0 Å². The summed E-state index contributed by atoms with van der Waals surface area (Å²) in [5, 5.41) is 3.08. The van der Waals surface area contributed by atoms with Crippen LogP contribution < -0.4 is 5.32 Å². The molecule has 0 aliphatic carbocycles. The molecule has 1 N–H and O–H groups in total. The van der Waals surface area contributed by atoms with E-state index in [1.807, 2.05) is 11.8 Å². The van der Waals surface area contributed by atoms with Gasteiger partial charge in [0.1, 0.15) is 0 Å². The Labute approximate surface area is 115 Å². The van der Waals surface area contributed by atoms with Gasteiger partial charge in [-0.3, -0.25) is 0 Å². The van der Waals surface area contributed by atoms with Crippen molar-refractivity contribution in [2.75, 3.05) is 16.8 Å². The van der Waals surface area contributed by atoms with E-state index in [0.717, 1.165) is 24.3 Å².